The molecule has 3 atom stereocenters. The van der Waals surface area contributed by atoms with Crippen LogP contribution in [0.2, 0.25) is 0 Å². The number of ether oxygens (including phenoxy) is 1. The van der Waals surface area contributed by atoms with Crippen molar-refractivity contribution in [3.8, 4) is 0 Å². The van der Waals surface area contributed by atoms with E-state index in [2.05, 4.69) is 61.2 Å². The van der Waals surface area contributed by atoms with Gasteiger partial charge in [-0.25, -0.2) is 4.98 Å². The van der Waals surface area contributed by atoms with E-state index in [4.69, 9.17) is 4.74 Å². The third-order valence-electron chi connectivity index (χ3n) is 6.96. The van der Waals surface area contributed by atoms with Crippen LogP contribution in [0.5, 0.6) is 0 Å². The molecule has 1 aromatic carbocycles. The SMILES string of the molecule is COCCn1ccnc1CNC1C2CN3CCN(C2)CC1(c1ccccc1)C3. The molecule has 0 aliphatic carbocycles. The normalized spacial score (nSPS) is 33.9. The molecule has 3 unspecified atom stereocenters. The van der Waals surface area contributed by atoms with Crippen LogP contribution in [-0.4, -0.2) is 78.4 Å². The van der Waals surface area contributed by atoms with Crippen molar-refractivity contribution < 1.29 is 4.74 Å². The molecule has 1 N–H and O–H groups in total. The predicted octanol–water partition coefficient (Wildman–Crippen LogP) is 1.19. The molecule has 2 aromatic rings. The Kier molecular flexibility index (Phi) is 4.97. The van der Waals surface area contributed by atoms with Crippen molar-refractivity contribution in [2.75, 3.05) is 53.0 Å². The maximum absolute atomic E-state index is 5.25. The Bertz CT molecular complexity index is 775. The van der Waals surface area contributed by atoms with Crippen LogP contribution in [0.25, 0.3) is 0 Å². The van der Waals surface area contributed by atoms with Crippen LogP contribution in [0.15, 0.2) is 42.7 Å². The number of nitrogens with one attached hydrogen (secondary N) is 1. The van der Waals surface area contributed by atoms with Crippen molar-refractivity contribution >= 4 is 0 Å². The Morgan fingerprint density at radius 1 is 1.14 bits per heavy atom. The highest BCUT2D eigenvalue weighted by atomic mass is 16.5. The third kappa shape index (κ3) is 3.18. The smallest absolute Gasteiger partial charge is 0.122 e. The zero-order valence-electron chi connectivity index (χ0n) is 16.8. The van der Waals surface area contributed by atoms with Gasteiger partial charge in [-0.1, -0.05) is 30.3 Å². The summed E-state index contributed by atoms with van der Waals surface area (Å²) in [6, 6.07) is 11.7. The minimum Gasteiger partial charge on any atom is -0.383 e. The lowest BCUT2D eigenvalue weighted by Gasteiger charge is -2.56. The number of methoxy groups -OCH3 is 1. The van der Waals surface area contributed by atoms with E-state index in [0.717, 1.165) is 32.0 Å². The third-order valence-corrected chi connectivity index (χ3v) is 6.96. The summed E-state index contributed by atoms with van der Waals surface area (Å²) in [5, 5.41) is 3.97. The summed E-state index contributed by atoms with van der Waals surface area (Å²) < 4.78 is 7.46. The maximum Gasteiger partial charge on any atom is 0.122 e. The second-order valence-electron chi connectivity index (χ2n) is 8.64. The molecule has 4 saturated heterocycles. The quantitative estimate of drug-likeness (QED) is 0.781. The summed E-state index contributed by atoms with van der Waals surface area (Å²) in [6.45, 7) is 9.52. The van der Waals surface area contributed by atoms with Gasteiger partial charge in [-0.2, -0.15) is 0 Å². The summed E-state index contributed by atoms with van der Waals surface area (Å²) in [5.41, 5.74) is 1.64. The molecule has 4 aliphatic heterocycles. The Morgan fingerprint density at radius 2 is 1.89 bits per heavy atom. The monoisotopic (exact) mass is 381 g/mol. The summed E-state index contributed by atoms with van der Waals surface area (Å²) in [6.07, 6.45) is 3.96. The molecule has 28 heavy (non-hydrogen) atoms. The maximum atomic E-state index is 5.25. The van der Waals surface area contributed by atoms with E-state index >= 15 is 0 Å². The highest BCUT2D eigenvalue weighted by Gasteiger charge is 2.54. The molecule has 4 fully saturated rings. The van der Waals surface area contributed by atoms with Crippen LogP contribution in [0.4, 0.5) is 0 Å². The van der Waals surface area contributed by atoms with Gasteiger partial charge in [0.25, 0.3) is 0 Å². The van der Waals surface area contributed by atoms with Crippen molar-refractivity contribution in [3.05, 3.63) is 54.1 Å². The molecule has 5 heterocycles. The molecule has 0 spiro atoms. The minimum atomic E-state index is 0.156. The lowest BCUT2D eigenvalue weighted by Crippen LogP contribution is -2.70. The average molecular weight is 382 g/mol. The summed E-state index contributed by atoms with van der Waals surface area (Å²) in [5.74, 6) is 1.76. The first-order valence-corrected chi connectivity index (χ1v) is 10.5. The first-order valence-electron chi connectivity index (χ1n) is 10.5. The van der Waals surface area contributed by atoms with Gasteiger partial charge in [-0.3, -0.25) is 0 Å². The predicted molar refractivity (Wildman–Crippen MR) is 109 cm³/mol. The number of fused-ring (bicyclic) bond motifs is 1. The van der Waals surface area contributed by atoms with Crippen LogP contribution >= 0.6 is 0 Å². The van der Waals surface area contributed by atoms with E-state index < -0.39 is 0 Å². The van der Waals surface area contributed by atoms with Crippen molar-refractivity contribution in [1.82, 2.24) is 24.7 Å². The van der Waals surface area contributed by atoms with E-state index in [9.17, 15) is 0 Å². The molecule has 4 aliphatic rings. The molecule has 4 bridgehead atoms. The number of imidazole rings is 1. The molecule has 0 radical (unpaired) electrons. The van der Waals surface area contributed by atoms with E-state index in [0.29, 0.717) is 18.6 Å². The fourth-order valence-corrected chi connectivity index (χ4v) is 5.78. The van der Waals surface area contributed by atoms with Crippen molar-refractivity contribution in [2.24, 2.45) is 5.92 Å². The van der Waals surface area contributed by atoms with Crippen molar-refractivity contribution in [3.63, 3.8) is 0 Å². The van der Waals surface area contributed by atoms with E-state index in [1.807, 2.05) is 6.20 Å². The minimum absolute atomic E-state index is 0.156. The standard InChI is InChI=1S/C22H31N5O/c1-28-12-11-27-8-7-23-20(27)13-24-21-18-14-25-9-10-26(15-18)17-22(21,16-25)19-5-3-2-4-6-19/h2-8,18,21,24H,9-17H2,1H3. The van der Waals surface area contributed by atoms with Gasteiger partial charge in [0.05, 0.1) is 13.2 Å². The molecule has 0 amide bonds. The second kappa shape index (κ2) is 7.59. The Labute approximate surface area is 167 Å². The lowest BCUT2D eigenvalue weighted by atomic mass is 9.64. The summed E-state index contributed by atoms with van der Waals surface area (Å²) >= 11 is 0. The van der Waals surface area contributed by atoms with Crippen LogP contribution in [0, 0.1) is 5.92 Å². The molecule has 150 valence electrons. The first kappa shape index (κ1) is 18.3. The number of piperidine rings is 2. The summed E-state index contributed by atoms with van der Waals surface area (Å²) in [7, 11) is 1.75. The van der Waals surface area contributed by atoms with E-state index in [1.54, 1.807) is 7.11 Å². The topological polar surface area (TPSA) is 45.6 Å². The zero-order valence-corrected chi connectivity index (χ0v) is 16.8. The van der Waals surface area contributed by atoms with Gasteiger partial charge < -0.3 is 24.4 Å². The number of hydrogen-bond acceptors (Lipinski definition) is 5. The van der Waals surface area contributed by atoms with Gasteiger partial charge in [0.15, 0.2) is 0 Å². The largest absolute Gasteiger partial charge is 0.383 e. The zero-order chi connectivity index (χ0) is 19.0. The van der Waals surface area contributed by atoms with E-state index in [1.165, 1.54) is 31.7 Å². The molecule has 1 aromatic heterocycles. The van der Waals surface area contributed by atoms with Crippen LogP contribution in [-0.2, 0) is 23.2 Å². The van der Waals surface area contributed by atoms with Crippen LogP contribution in [0.1, 0.15) is 11.4 Å². The van der Waals surface area contributed by atoms with E-state index in [-0.39, 0.29) is 5.41 Å². The molecule has 6 nitrogen and oxygen atoms in total. The second-order valence-corrected chi connectivity index (χ2v) is 8.64. The van der Waals surface area contributed by atoms with Gasteiger partial charge in [-0.05, 0) is 5.56 Å². The first-order chi connectivity index (χ1) is 13.8. The van der Waals surface area contributed by atoms with Crippen LogP contribution in [0.3, 0.4) is 0 Å². The average Bonchev–Trinajstić information content (AvgIpc) is 3.02. The highest BCUT2D eigenvalue weighted by molar-refractivity contribution is 5.33. The van der Waals surface area contributed by atoms with Crippen LogP contribution < -0.4 is 5.32 Å². The Morgan fingerprint density at radius 3 is 2.61 bits per heavy atom. The number of aromatic nitrogens is 2. The molecular formula is C22H31N5O. The Balaban J connectivity index is 1.42. The fraction of sp³-hybridized carbons (Fsp3) is 0.591. The molecule has 0 saturated carbocycles. The summed E-state index contributed by atoms with van der Waals surface area (Å²) in [4.78, 5) is 10.0. The van der Waals surface area contributed by atoms with Gasteiger partial charge >= 0.3 is 0 Å². The van der Waals surface area contributed by atoms with Crippen molar-refractivity contribution in [1.29, 1.82) is 0 Å². The molecular weight excluding hydrogens is 350 g/mol. The molecule has 6 heteroatoms. The van der Waals surface area contributed by atoms with Crippen molar-refractivity contribution in [2.45, 2.75) is 24.5 Å². The highest BCUT2D eigenvalue weighted by Crippen LogP contribution is 2.43. The van der Waals surface area contributed by atoms with Gasteiger partial charge in [-0.15, -0.1) is 0 Å². The van der Waals surface area contributed by atoms with Gasteiger partial charge in [0.1, 0.15) is 5.82 Å². The number of hydrogen-bond donors (Lipinski definition) is 1. The molecule has 6 rings (SSSR count). The Hall–Kier alpha value is -1.73. The van der Waals surface area contributed by atoms with Gasteiger partial charge in [0.2, 0.25) is 0 Å². The lowest BCUT2D eigenvalue weighted by molar-refractivity contribution is 0.0170. The number of rotatable bonds is 7. The number of nitrogens with zero attached hydrogens (tertiary/aromatic N) is 4. The number of benzene rings is 1. The fourth-order valence-electron chi connectivity index (χ4n) is 5.78. The van der Waals surface area contributed by atoms with Gasteiger partial charge in [0, 0.05) is 82.7 Å².